The number of likely N-dealkylation sites (tertiary alicyclic amines) is 1. The maximum atomic E-state index is 13.7. The highest BCUT2D eigenvalue weighted by Gasteiger charge is 2.67. The lowest BCUT2D eigenvalue weighted by molar-refractivity contribution is -0.176. The fourth-order valence-electron chi connectivity index (χ4n) is 6.41. The number of nitrogens with one attached hydrogen (secondary N) is 3. The van der Waals surface area contributed by atoms with Crippen molar-refractivity contribution in [3.05, 3.63) is 0 Å². The van der Waals surface area contributed by atoms with E-state index in [9.17, 15) is 32.8 Å². The minimum Gasteiger partial charge on any atom is -0.373 e. The Hall–Kier alpha value is -2.39. The van der Waals surface area contributed by atoms with E-state index in [-0.39, 0.29) is 53.3 Å². The molecule has 4 fully saturated rings. The summed E-state index contributed by atoms with van der Waals surface area (Å²) in [4.78, 5) is 39.4. The fourth-order valence-corrected chi connectivity index (χ4v) is 6.41. The first-order chi connectivity index (χ1) is 17.5. The lowest BCUT2D eigenvalue weighted by Crippen LogP contribution is -2.59. The lowest BCUT2D eigenvalue weighted by Gasteiger charge is -2.36. The van der Waals surface area contributed by atoms with Gasteiger partial charge in [0.05, 0.1) is 24.3 Å². The molecule has 4 rings (SSSR count). The number of ether oxygens (including phenoxy) is 1. The van der Waals surface area contributed by atoms with Crippen LogP contribution in [0.15, 0.2) is 0 Å². The summed E-state index contributed by atoms with van der Waals surface area (Å²) < 4.78 is 45.0. The van der Waals surface area contributed by atoms with E-state index in [1.165, 1.54) is 6.92 Å². The van der Waals surface area contributed by atoms with Crippen LogP contribution in [0.25, 0.3) is 0 Å². The zero-order chi connectivity index (χ0) is 28.2. The third-order valence-corrected chi connectivity index (χ3v) is 8.68. The van der Waals surface area contributed by atoms with Crippen LogP contribution in [0, 0.1) is 34.5 Å². The van der Waals surface area contributed by atoms with Crippen LogP contribution in [-0.2, 0) is 19.1 Å². The van der Waals surface area contributed by atoms with Gasteiger partial charge in [0.1, 0.15) is 6.04 Å². The normalized spacial score (nSPS) is 31.6. The number of fused-ring (bicyclic) bond motifs is 1. The summed E-state index contributed by atoms with van der Waals surface area (Å²) >= 11 is 0. The molecule has 2 saturated carbocycles. The summed E-state index contributed by atoms with van der Waals surface area (Å²) in [5.74, 6) is -2.92. The van der Waals surface area contributed by atoms with E-state index in [1.807, 2.05) is 19.2 Å². The zero-order valence-electron chi connectivity index (χ0n) is 22.5. The molecule has 2 heterocycles. The second-order valence-corrected chi connectivity index (χ2v) is 12.6. The predicted molar refractivity (Wildman–Crippen MR) is 130 cm³/mol. The Morgan fingerprint density at radius 2 is 1.92 bits per heavy atom. The van der Waals surface area contributed by atoms with Crippen molar-refractivity contribution in [1.29, 1.82) is 5.26 Å². The highest BCUT2D eigenvalue weighted by Crippen LogP contribution is 2.64. The number of carbonyl (C=O) groups excluding carboxylic acids is 3. The molecule has 0 bridgehead atoms. The molecule has 38 heavy (non-hydrogen) atoms. The smallest absolute Gasteiger partial charge is 0.373 e. The number of nitriles is 1. The summed E-state index contributed by atoms with van der Waals surface area (Å²) in [6.45, 7) is 10.2. The topological polar surface area (TPSA) is 124 Å². The van der Waals surface area contributed by atoms with Gasteiger partial charge in [0.25, 0.3) is 0 Å². The molecule has 2 saturated heterocycles. The average molecular weight is 542 g/mol. The molecule has 7 atom stereocenters. The maximum Gasteiger partial charge on any atom is 0.471 e. The number of hydrogen-bond donors (Lipinski definition) is 3. The van der Waals surface area contributed by atoms with Gasteiger partial charge in [0, 0.05) is 30.6 Å². The molecule has 3 amide bonds. The SMILES string of the molecule is C[C@@H](OC1CC1)[C@@H](NC(=O)C(F)(F)F)C(=O)N1C[C@H]2[C@@H]([C@H]1CN[C@H](C#N)C[C@@H]1CC(C)(C)NC1=O)C2(C)C. The summed E-state index contributed by atoms with van der Waals surface area (Å²) in [6, 6.07) is -0.272. The molecule has 212 valence electrons. The molecule has 3 N–H and O–H groups in total. The van der Waals surface area contributed by atoms with E-state index in [4.69, 9.17) is 4.74 Å². The monoisotopic (exact) mass is 541 g/mol. The van der Waals surface area contributed by atoms with Gasteiger partial charge in [0.15, 0.2) is 0 Å². The van der Waals surface area contributed by atoms with Gasteiger partial charge >= 0.3 is 12.1 Å². The number of alkyl halides is 3. The first-order valence-electron chi connectivity index (χ1n) is 13.3. The quantitative estimate of drug-likeness (QED) is 0.388. The molecular formula is C26H38F3N5O4. The first-order valence-corrected chi connectivity index (χ1v) is 13.3. The average Bonchev–Trinajstić information content (AvgIpc) is 3.62. The Bertz CT molecular complexity index is 1010. The van der Waals surface area contributed by atoms with Crippen molar-refractivity contribution in [3.63, 3.8) is 0 Å². The minimum absolute atomic E-state index is 0.0541. The van der Waals surface area contributed by atoms with Gasteiger partial charge in [-0.2, -0.15) is 18.4 Å². The molecular weight excluding hydrogens is 503 g/mol. The van der Waals surface area contributed by atoms with Crippen molar-refractivity contribution in [2.45, 2.75) is 102 Å². The van der Waals surface area contributed by atoms with Crippen LogP contribution >= 0.6 is 0 Å². The Morgan fingerprint density at radius 1 is 1.26 bits per heavy atom. The summed E-state index contributed by atoms with van der Waals surface area (Å²) in [5, 5.41) is 17.8. The summed E-state index contributed by atoms with van der Waals surface area (Å²) in [6.07, 6.45) is -3.74. The van der Waals surface area contributed by atoms with Gasteiger partial charge in [-0.1, -0.05) is 13.8 Å². The molecule has 2 aliphatic carbocycles. The van der Waals surface area contributed by atoms with Crippen LogP contribution in [0.1, 0.15) is 60.3 Å². The van der Waals surface area contributed by atoms with E-state index >= 15 is 0 Å². The molecule has 12 heteroatoms. The van der Waals surface area contributed by atoms with E-state index in [0.717, 1.165) is 12.8 Å². The molecule has 0 aromatic heterocycles. The molecule has 0 unspecified atom stereocenters. The second-order valence-electron chi connectivity index (χ2n) is 12.6. The minimum atomic E-state index is -5.13. The fraction of sp³-hybridized carbons (Fsp3) is 0.846. The predicted octanol–water partition coefficient (Wildman–Crippen LogP) is 1.87. The van der Waals surface area contributed by atoms with Gasteiger partial charge in [-0.3, -0.25) is 19.7 Å². The van der Waals surface area contributed by atoms with Crippen LogP contribution < -0.4 is 16.0 Å². The lowest BCUT2D eigenvalue weighted by atomic mass is 9.91. The van der Waals surface area contributed by atoms with Crippen molar-refractivity contribution in [2.24, 2.45) is 23.2 Å². The van der Waals surface area contributed by atoms with Gasteiger partial charge in [-0.25, -0.2) is 0 Å². The molecule has 0 aromatic rings. The van der Waals surface area contributed by atoms with Gasteiger partial charge in [-0.05, 0) is 63.7 Å². The number of nitrogens with zero attached hydrogens (tertiary/aromatic N) is 2. The largest absolute Gasteiger partial charge is 0.471 e. The van der Waals surface area contributed by atoms with Crippen LogP contribution in [0.4, 0.5) is 13.2 Å². The number of carbonyl (C=O) groups is 3. The Kier molecular flexibility index (Phi) is 7.51. The number of hydrogen-bond acceptors (Lipinski definition) is 6. The number of rotatable bonds is 10. The molecule has 2 aliphatic heterocycles. The van der Waals surface area contributed by atoms with E-state index in [2.05, 4.69) is 30.6 Å². The molecule has 0 spiro atoms. The van der Waals surface area contributed by atoms with Gasteiger partial charge in [0.2, 0.25) is 11.8 Å². The third kappa shape index (κ3) is 5.93. The van der Waals surface area contributed by atoms with Crippen molar-refractivity contribution in [2.75, 3.05) is 13.1 Å². The Morgan fingerprint density at radius 3 is 2.45 bits per heavy atom. The zero-order valence-corrected chi connectivity index (χ0v) is 22.5. The van der Waals surface area contributed by atoms with Gasteiger partial charge in [-0.15, -0.1) is 0 Å². The maximum absolute atomic E-state index is 13.7. The highest BCUT2D eigenvalue weighted by molar-refractivity contribution is 5.90. The standard InChI is InChI=1S/C26H38F3N5O4/c1-13(38-16-6-7-16)20(32-23(37)26(27,28)29)22(36)34-12-17-19(25(17,4)5)18(34)11-31-15(10-30)8-14-9-24(2,3)33-21(14)35/h13-20,31H,6-9,11-12H2,1-5H3,(H,32,37)(H,33,35)/t13-,14-,15+,17+,18-,19+,20-/m1/s1. The summed E-state index contributed by atoms with van der Waals surface area (Å²) in [7, 11) is 0. The molecule has 4 aliphatic rings. The van der Waals surface area contributed by atoms with Crippen LogP contribution in [-0.4, -0.2) is 77.8 Å². The van der Waals surface area contributed by atoms with Gasteiger partial charge < -0.3 is 20.3 Å². The third-order valence-electron chi connectivity index (χ3n) is 8.68. The van der Waals surface area contributed by atoms with Crippen molar-refractivity contribution in [1.82, 2.24) is 20.9 Å². The number of halogens is 3. The van der Waals surface area contributed by atoms with E-state index in [1.54, 1.807) is 4.90 Å². The van der Waals surface area contributed by atoms with Crippen molar-refractivity contribution in [3.8, 4) is 6.07 Å². The number of amides is 3. The Labute approximate surface area is 221 Å². The molecule has 9 nitrogen and oxygen atoms in total. The van der Waals surface area contributed by atoms with E-state index in [0.29, 0.717) is 19.4 Å². The Balaban J connectivity index is 1.46. The molecule has 0 aromatic carbocycles. The van der Waals surface area contributed by atoms with Crippen LogP contribution in [0.2, 0.25) is 0 Å². The molecule has 0 radical (unpaired) electrons. The van der Waals surface area contributed by atoms with Crippen molar-refractivity contribution >= 4 is 17.7 Å². The van der Waals surface area contributed by atoms with E-state index < -0.39 is 36.2 Å². The highest BCUT2D eigenvalue weighted by atomic mass is 19.4. The summed E-state index contributed by atoms with van der Waals surface area (Å²) in [5.41, 5.74) is -0.391. The van der Waals surface area contributed by atoms with Crippen molar-refractivity contribution < 1.29 is 32.3 Å². The second kappa shape index (κ2) is 9.97. The van der Waals surface area contributed by atoms with Crippen LogP contribution in [0.3, 0.4) is 0 Å². The van der Waals surface area contributed by atoms with Crippen LogP contribution in [0.5, 0.6) is 0 Å². The number of piperidine rings is 1. The first kappa shape index (κ1) is 28.6.